The molecular weight excluding hydrogens is 268 g/mol. The SMILES string of the molecule is Cc1ccc(SCC(=O)N(C)C(C)CN)cc1.Cl. The molecule has 1 aromatic rings. The number of carbonyl (C=O) groups is 1. The largest absolute Gasteiger partial charge is 0.341 e. The van der Waals surface area contributed by atoms with Crippen LogP contribution >= 0.6 is 24.2 Å². The number of hydrogen-bond donors (Lipinski definition) is 1. The van der Waals surface area contributed by atoms with Crippen LogP contribution in [0.25, 0.3) is 0 Å². The van der Waals surface area contributed by atoms with Crippen molar-refractivity contribution in [3.8, 4) is 0 Å². The minimum atomic E-state index is 0. The Morgan fingerprint density at radius 3 is 2.44 bits per heavy atom. The first-order valence-corrected chi connectivity index (χ1v) is 6.68. The monoisotopic (exact) mass is 288 g/mol. The van der Waals surface area contributed by atoms with Gasteiger partial charge in [0.15, 0.2) is 0 Å². The third kappa shape index (κ3) is 5.29. The van der Waals surface area contributed by atoms with Crippen LogP contribution in [-0.2, 0) is 4.79 Å². The zero-order chi connectivity index (χ0) is 12.8. The van der Waals surface area contributed by atoms with E-state index in [2.05, 4.69) is 19.1 Å². The maximum atomic E-state index is 11.8. The fourth-order valence-corrected chi connectivity index (χ4v) is 2.11. The molecule has 0 saturated heterocycles. The van der Waals surface area contributed by atoms with E-state index in [0.29, 0.717) is 12.3 Å². The number of hydrogen-bond acceptors (Lipinski definition) is 3. The summed E-state index contributed by atoms with van der Waals surface area (Å²) in [5.41, 5.74) is 6.77. The average Bonchev–Trinajstić information content (AvgIpc) is 2.35. The van der Waals surface area contributed by atoms with Gasteiger partial charge in [0, 0.05) is 24.5 Å². The average molecular weight is 289 g/mol. The summed E-state index contributed by atoms with van der Waals surface area (Å²) in [6.45, 7) is 4.50. The van der Waals surface area contributed by atoms with Crippen LogP contribution in [0.3, 0.4) is 0 Å². The van der Waals surface area contributed by atoms with Crippen LogP contribution in [0.1, 0.15) is 12.5 Å². The molecule has 0 aliphatic heterocycles. The predicted molar refractivity (Wildman–Crippen MR) is 80.4 cm³/mol. The van der Waals surface area contributed by atoms with Gasteiger partial charge in [0.1, 0.15) is 0 Å². The zero-order valence-corrected chi connectivity index (χ0v) is 12.7. The third-order valence-electron chi connectivity index (χ3n) is 2.78. The summed E-state index contributed by atoms with van der Waals surface area (Å²) in [5, 5.41) is 0. The highest BCUT2D eigenvalue weighted by Gasteiger charge is 2.14. The van der Waals surface area contributed by atoms with Crippen LogP contribution in [0.15, 0.2) is 29.2 Å². The van der Waals surface area contributed by atoms with E-state index in [1.165, 1.54) is 5.56 Å². The van der Waals surface area contributed by atoms with Gasteiger partial charge in [-0.25, -0.2) is 0 Å². The van der Waals surface area contributed by atoms with Crippen molar-refractivity contribution < 1.29 is 4.79 Å². The number of likely N-dealkylation sites (N-methyl/N-ethyl adjacent to an activating group) is 1. The van der Waals surface area contributed by atoms with Crippen LogP contribution in [0, 0.1) is 6.92 Å². The summed E-state index contributed by atoms with van der Waals surface area (Å²) in [7, 11) is 1.80. The van der Waals surface area contributed by atoms with Crippen molar-refractivity contribution in [1.82, 2.24) is 4.90 Å². The summed E-state index contributed by atoms with van der Waals surface area (Å²) in [6, 6.07) is 8.29. The first-order chi connectivity index (χ1) is 8.04. The lowest BCUT2D eigenvalue weighted by molar-refractivity contribution is -0.128. The Kier molecular flexibility index (Phi) is 8.07. The van der Waals surface area contributed by atoms with Crippen molar-refractivity contribution in [3.63, 3.8) is 0 Å². The van der Waals surface area contributed by atoms with E-state index >= 15 is 0 Å². The minimum Gasteiger partial charge on any atom is -0.341 e. The van der Waals surface area contributed by atoms with E-state index in [1.54, 1.807) is 23.7 Å². The lowest BCUT2D eigenvalue weighted by atomic mass is 10.2. The van der Waals surface area contributed by atoms with Crippen molar-refractivity contribution in [3.05, 3.63) is 29.8 Å². The highest BCUT2D eigenvalue weighted by molar-refractivity contribution is 8.00. The van der Waals surface area contributed by atoms with Crippen molar-refractivity contribution in [2.24, 2.45) is 5.73 Å². The molecule has 0 spiro atoms. The molecule has 0 heterocycles. The molecule has 18 heavy (non-hydrogen) atoms. The lowest BCUT2D eigenvalue weighted by Gasteiger charge is -2.23. The highest BCUT2D eigenvalue weighted by Crippen LogP contribution is 2.18. The molecule has 1 amide bonds. The first kappa shape index (κ1) is 17.3. The Balaban J connectivity index is 0.00000289. The predicted octanol–water partition coefficient (Wildman–Crippen LogP) is 2.31. The molecule has 102 valence electrons. The van der Waals surface area contributed by atoms with Gasteiger partial charge in [-0.2, -0.15) is 0 Å². The number of thioether (sulfide) groups is 1. The number of amides is 1. The number of rotatable bonds is 5. The molecule has 0 aliphatic rings. The molecule has 3 nitrogen and oxygen atoms in total. The summed E-state index contributed by atoms with van der Waals surface area (Å²) in [4.78, 5) is 14.7. The molecular formula is C13H21ClN2OS. The normalized spacial score (nSPS) is 11.6. The Morgan fingerprint density at radius 1 is 1.39 bits per heavy atom. The van der Waals surface area contributed by atoms with Gasteiger partial charge in [0.25, 0.3) is 0 Å². The highest BCUT2D eigenvalue weighted by atomic mass is 35.5. The van der Waals surface area contributed by atoms with Crippen LogP contribution in [0.5, 0.6) is 0 Å². The maximum Gasteiger partial charge on any atom is 0.232 e. The van der Waals surface area contributed by atoms with Gasteiger partial charge in [-0.05, 0) is 26.0 Å². The van der Waals surface area contributed by atoms with Crippen LogP contribution in [0.2, 0.25) is 0 Å². The number of halogens is 1. The molecule has 0 saturated carbocycles. The molecule has 0 aromatic heterocycles. The number of nitrogens with two attached hydrogens (primary N) is 1. The number of nitrogens with zero attached hydrogens (tertiary/aromatic N) is 1. The van der Waals surface area contributed by atoms with Crippen molar-refractivity contribution in [2.75, 3.05) is 19.3 Å². The fourth-order valence-electron chi connectivity index (χ4n) is 1.29. The van der Waals surface area contributed by atoms with E-state index in [4.69, 9.17) is 5.73 Å². The molecule has 1 rings (SSSR count). The van der Waals surface area contributed by atoms with E-state index in [0.717, 1.165) is 4.90 Å². The number of aryl methyl sites for hydroxylation is 1. The van der Waals surface area contributed by atoms with E-state index in [9.17, 15) is 4.79 Å². The second-order valence-corrected chi connectivity index (χ2v) is 5.24. The minimum absolute atomic E-state index is 0. The molecule has 5 heteroatoms. The van der Waals surface area contributed by atoms with Crippen molar-refractivity contribution >= 4 is 30.1 Å². The summed E-state index contributed by atoms with van der Waals surface area (Å²) >= 11 is 1.56. The molecule has 0 radical (unpaired) electrons. The second kappa shape index (κ2) is 8.40. The fraction of sp³-hybridized carbons (Fsp3) is 0.462. The maximum absolute atomic E-state index is 11.8. The molecule has 0 fully saturated rings. The zero-order valence-electron chi connectivity index (χ0n) is 11.1. The van der Waals surface area contributed by atoms with Gasteiger partial charge < -0.3 is 10.6 Å². The molecule has 1 atom stereocenters. The molecule has 0 bridgehead atoms. The summed E-state index contributed by atoms with van der Waals surface area (Å²) in [5.74, 6) is 0.581. The molecule has 1 aromatic carbocycles. The topological polar surface area (TPSA) is 46.3 Å². The standard InChI is InChI=1S/C13H20N2OS.ClH/c1-10-4-6-12(7-5-10)17-9-13(16)15(3)11(2)8-14;/h4-7,11H,8-9,14H2,1-3H3;1H. The molecule has 0 aliphatic carbocycles. The molecule has 1 unspecified atom stereocenters. The van der Waals surface area contributed by atoms with Crippen molar-refractivity contribution in [1.29, 1.82) is 0 Å². The smallest absolute Gasteiger partial charge is 0.232 e. The van der Waals surface area contributed by atoms with Crippen LogP contribution < -0.4 is 5.73 Å². The Bertz CT molecular complexity index is 370. The quantitative estimate of drug-likeness (QED) is 0.846. The Hall–Kier alpha value is -0.710. The third-order valence-corrected chi connectivity index (χ3v) is 3.78. The van der Waals surface area contributed by atoms with E-state index in [-0.39, 0.29) is 24.4 Å². The number of carbonyl (C=O) groups excluding carboxylic acids is 1. The van der Waals surface area contributed by atoms with Crippen LogP contribution in [-0.4, -0.2) is 36.2 Å². The van der Waals surface area contributed by atoms with Gasteiger partial charge in [-0.1, -0.05) is 17.7 Å². The van der Waals surface area contributed by atoms with E-state index < -0.39 is 0 Å². The first-order valence-electron chi connectivity index (χ1n) is 5.69. The van der Waals surface area contributed by atoms with E-state index in [1.807, 2.05) is 19.1 Å². The van der Waals surface area contributed by atoms with Gasteiger partial charge in [0.05, 0.1) is 5.75 Å². The summed E-state index contributed by atoms with van der Waals surface area (Å²) < 4.78 is 0. The lowest BCUT2D eigenvalue weighted by Crippen LogP contribution is -2.40. The van der Waals surface area contributed by atoms with Gasteiger partial charge >= 0.3 is 0 Å². The Labute approximate surface area is 120 Å². The Morgan fingerprint density at radius 2 is 1.94 bits per heavy atom. The van der Waals surface area contributed by atoms with Gasteiger partial charge in [-0.15, -0.1) is 24.2 Å². The van der Waals surface area contributed by atoms with Crippen molar-refractivity contribution in [2.45, 2.75) is 24.8 Å². The summed E-state index contributed by atoms with van der Waals surface area (Å²) in [6.07, 6.45) is 0. The number of benzene rings is 1. The second-order valence-electron chi connectivity index (χ2n) is 4.19. The van der Waals surface area contributed by atoms with Gasteiger partial charge in [-0.3, -0.25) is 4.79 Å². The molecule has 2 N–H and O–H groups in total. The van der Waals surface area contributed by atoms with Gasteiger partial charge in [0.2, 0.25) is 5.91 Å². The van der Waals surface area contributed by atoms with Crippen LogP contribution in [0.4, 0.5) is 0 Å².